The van der Waals surface area contributed by atoms with Crippen LogP contribution in [0, 0.1) is 0 Å². The van der Waals surface area contributed by atoms with E-state index >= 15 is 0 Å². The lowest BCUT2D eigenvalue weighted by Crippen LogP contribution is -2.40. The van der Waals surface area contributed by atoms with Crippen LogP contribution in [0.5, 0.6) is 5.75 Å². The van der Waals surface area contributed by atoms with Gasteiger partial charge in [-0.05, 0) is 44.0 Å². The molecule has 1 saturated heterocycles. The van der Waals surface area contributed by atoms with Gasteiger partial charge in [-0.25, -0.2) is 4.68 Å². The van der Waals surface area contributed by atoms with Gasteiger partial charge < -0.3 is 14.4 Å². The van der Waals surface area contributed by atoms with Crippen molar-refractivity contribution in [1.29, 1.82) is 0 Å². The van der Waals surface area contributed by atoms with Crippen LogP contribution < -0.4 is 15.2 Å². The normalized spacial score (nSPS) is 18.4. The van der Waals surface area contributed by atoms with Gasteiger partial charge in [-0.1, -0.05) is 0 Å². The molecule has 1 saturated carbocycles. The smallest absolute Gasteiger partial charge is 0.290 e. The molecule has 0 spiro atoms. The molecule has 1 aliphatic heterocycles. The summed E-state index contributed by atoms with van der Waals surface area (Å²) in [7, 11) is 1.67. The summed E-state index contributed by atoms with van der Waals surface area (Å²) in [4.78, 5) is 14.7. The van der Waals surface area contributed by atoms with Crippen LogP contribution in [-0.2, 0) is 11.8 Å². The van der Waals surface area contributed by atoms with Crippen LogP contribution in [0.25, 0.3) is 22.3 Å². The van der Waals surface area contributed by atoms with Crippen molar-refractivity contribution in [3.8, 4) is 17.1 Å². The molecule has 1 N–H and O–H groups in total. The summed E-state index contributed by atoms with van der Waals surface area (Å²) in [5, 5.41) is 12.9. The number of nitrogens with zero attached hydrogens (tertiary/aromatic N) is 4. The highest BCUT2D eigenvalue weighted by atomic mass is 16.5. The van der Waals surface area contributed by atoms with Crippen LogP contribution in [0.4, 0.5) is 5.69 Å². The Balaban J connectivity index is 1.58. The highest BCUT2D eigenvalue weighted by Crippen LogP contribution is 2.40. The fourth-order valence-electron chi connectivity index (χ4n) is 3.55. The van der Waals surface area contributed by atoms with Crippen molar-refractivity contribution in [2.45, 2.75) is 25.4 Å². The quantitative estimate of drug-likeness (QED) is 0.745. The number of aryl methyl sites for hydroxylation is 1. The standard InChI is InChI=1S/C20H23N5O3/c1-20(5-6-20)28-13-3-4-15-14(11-13)18(22-21-15)16-12-17(19(26)24(2)23-16)25-7-9-27-10-8-25/h3-4,11-12H,5-10H2,1-2H3,(H,21,22). The SMILES string of the molecule is Cn1nc(-c2n[nH]c3ccc(OC4(C)CC4)cc23)cc(N2CCOCC2)c1=O. The molecule has 3 heterocycles. The maximum absolute atomic E-state index is 12.6. The van der Waals surface area contributed by atoms with Crippen molar-refractivity contribution in [3.05, 3.63) is 34.6 Å². The summed E-state index contributed by atoms with van der Waals surface area (Å²) in [5.74, 6) is 0.827. The van der Waals surface area contributed by atoms with E-state index in [1.165, 1.54) is 4.68 Å². The molecule has 8 heteroatoms. The van der Waals surface area contributed by atoms with Crippen LogP contribution in [0.1, 0.15) is 19.8 Å². The molecule has 2 aromatic heterocycles. The summed E-state index contributed by atoms with van der Waals surface area (Å²) in [5.41, 5.74) is 2.75. The highest BCUT2D eigenvalue weighted by molar-refractivity contribution is 5.93. The summed E-state index contributed by atoms with van der Waals surface area (Å²) in [6.07, 6.45) is 2.16. The van der Waals surface area contributed by atoms with Crippen LogP contribution in [0.3, 0.4) is 0 Å². The zero-order valence-corrected chi connectivity index (χ0v) is 16.1. The third-order valence-electron chi connectivity index (χ3n) is 5.49. The molecule has 8 nitrogen and oxygen atoms in total. The number of fused-ring (bicyclic) bond motifs is 1. The van der Waals surface area contributed by atoms with E-state index in [0.29, 0.717) is 43.4 Å². The van der Waals surface area contributed by atoms with E-state index in [1.807, 2.05) is 29.2 Å². The number of benzene rings is 1. The predicted molar refractivity (Wildman–Crippen MR) is 106 cm³/mol. The number of aromatic nitrogens is 4. The number of H-pyrrole nitrogens is 1. The van der Waals surface area contributed by atoms with Crippen molar-refractivity contribution in [3.63, 3.8) is 0 Å². The van der Waals surface area contributed by atoms with Crippen molar-refractivity contribution in [2.75, 3.05) is 31.2 Å². The van der Waals surface area contributed by atoms with Crippen LogP contribution in [-0.4, -0.2) is 51.9 Å². The lowest BCUT2D eigenvalue weighted by Gasteiger charge is -2.28. The summed E-state index contributed by atoms with van der Waals surface area (Å²) >= 11 is 0. The average Bonchev–Trinajstić information content (AvgIpc) is 3.27. The molecule has 28 heavy (non-hydrogen) atoms. The van der Waals surface area contributed by atoms with Crippen molar-refractivity contribution in [1.82, 2.24) is 20.0 Å². The van der Waals surface area contributed by atoms with E-state index in [-0.39, 0.29) is 11.2 Å². The fraction of sp³-hybridized carbons (Fsp3) is 0.450. The Hall–Kier alpha value is -2.87. The second-order valence-corrected chi connectivity index (χ2v) is 7.77. The lowest BCUT2D eigenvalue weighted by molar-refractivity contribution is 0.122. The molecular weight excluding hydrogens is 358 g/mol. The predicted octanol–water partition coefficient (Wildman–Crippen LogP) is 2.09. The Kier molecular flexibility index (Phi) is 3.90. The number of nitrogens with one attached hydrogen (secondary N) is 1. The van der Waals surface area contributed by atoms with Crippen molar-refractivity contribution < 1.29 is 9.47 Å². The van der Waals surface area contributed by atoms with Crippen molar-refractivity contribution in [2.24, 2.45) is 7.05 Å². The van der Waals surface area contributed by atoms with Crippen LogP contribution >= 0.6 is 0 Å². The minimum absolute atomic E-state index is 0.0457. The summed E-state index contributed by atoms with van der Waals surface area (Å²) in [6.45, 7) is 4.74. The number of ether oxygens (including phenoxy) is 2. The van der Waals surface area contributed by atoms with Gasteiger partial charge in [0.05, 0.1) is 18.7 Å². The van der Waals surface area contributed by atoms with E-state index in [2.05, 4.69) is 22.2 Å². The third kappa shape index (κ3) is 3.03. The first kappa shape index (κ1) is 17.2. The molecule has 5 rings (SSSR count). The Bertz CT molecular complexity index is 1090. The van der Waals surface area contributed by atoms with E-state index in [0.717, 1.165) is 29.5 Å². The van der Waals surface area contributed by atoms with Gasteiger partial charge >= 0.3 is 0 Å². The molecule has 146 valence electrons. The molecule has 2 aliphatic rings. The minimum atomic E-state index is -0.115. The second kappa shape index (κ2) is 6.34. The van der Waals surface area contributed by atoms with Gasteiger partial charge in [-0.3, -0.25) is 9.89 Å². The number of hydrogen-bond donors (Lipinski definition) is 1. The monoisotopic (exact) mass is 381 g/mol. The molecule has 0 radical (unpaired) electrons. The third-order valence-corrected chi connectivity index (χ3v) is 5.49. The van der Waals surface area contributed by atoms with Gasteiger partial charge in [-0.15, -0.1) is 0 Å². The fourth-order valence-corrected chi connectivity index (χ4v) is 3.55. The highest BCUT2D eigenvalue weighted by Gasteiger charge is 2.40. The average molecular weight is 381 g/mol. The van der Waals surface area contributed by atoms with Crippen LogP contribution in [0.2, 0.25) is 0 Å². The molecule has 0 amide bonds. The largest absolute Gasteiger partial charge is 0.488 e. The minimum Gasteiger partial charge on any atom is -0.488 e. The van der Waals surface area contributed by atoms with Gasteiger partial charge in [0, 0.05) is 25.5 Å². The van der Waals surface area contributed by atoms with Crippen molar-refractivity contribution >= 4 is 16.6 Å². The second-order valence-electron chi connectivity index (χ2n) is 7.77. The van der Waals surface area contributed by atoms with Gasteiger partial charge in [0.25, 0.3) is 5.56 Å². The molecule has 2 fully saturated rings. The number of aromatic amines is 1. The van der Waals surface area contributed by atoms with Gasteiger partial charge in [0.15, 0.2) is 0 Å². The van der Waals surface area contributed by atoms with E-state index in [9.17, 15) is 4.79 Å². The molecule has 1 aliphatic carbocycles. The number of hydrogen-bond acceptors (Lipinski definition) is 6. The van der Waals surface area contributed by atoms with E-state index in [4.69, 9.17) is 9.47 Å². The lowest BCUT2D eigenvalue weighted by atomic mass is 10.1. The van der Waals surface area contributed by atoms with Crippen LogP contribution in [0.15, 0.2) is 29.1 Å². The Morgan fingerprint density at radius 3 is 2.75 bits per heavy atom. The Morgan fingerprint density at radius 2 is 2.00 bits per heavy atom. The number of rotatable bonds is 4. The number of morpholine rings is 1. The zero-order valence-electron chi connectivity index (χ0n) is 16.1. The maximum atomic E-state index is 12.6. The van der Waals surface area contributed by atoms with Gasteiger partial charge in [0.2, 0.25) is 0 Å². The summed E-state index contributed by atoms with van der Waals surface area (Å²) < 4.78 is 12.9. The Morgan fingerprint density at radius 1 is 1.21 bits per heavy atom. The zero-order chi connectivity index (χ0) is 19.3. The van der Waals surface area contributed by atoms with E-state index < -0.39 is 0 Å². The van der Waals surface area contributed by atoms with Gasteiger partial charge in [-0.2, -0.15) is 10.2 Å². The summed E-state index contributed by atoms with van der Waals surface area (Å²) in [6, 6.07) is 7.76. The molecule has 3 aromatic rings. The molecule has 1 aromatic carbocycles. The Labute approximate surface area is 162 Å². The van der Waals surface area contributed by atoms with E-state index in [1.54, 1.807) is 7.05 Å². The first-order valence-electron chi connectivity index (χ1n) is 9.61. The first-order chi connectivity index (χ1) is 13.5. The number of anilines is 1. The maximum Gasteiger partial charge on any atom is 0.290 e. The molecular formula is C20H23N5O3. The molecule has 0 unspecified atom stereocenters. The first-order valence-corrected chi connectivity index (χ1v) is 9.61. The topological polar surface area (TPSA) is 85.3 Å². The van der Waals surface area contributed by atoms with Gasteiger partial charge in [0.1, 0.15) is 28.4 Å². The molecule has 0 atom stereocenters. The molecule has 0 bridgehead atoms.